The minimum absolute atomic E-state index is 0.145. The lowest BCUT2D eigenvalue weighted by Gasteiger charge is -2.16. The number of thioether (sulfide) groups is 1. The number of amides is 1. The molecule has 1 amide bonds. The first-order valence-electron chi connectivity index (χ1n) is 11.9. The molecular formula is C31H25ClN2O2S. The number of carbonyl (C=O) groups excluding carboxylic acids is 1. The van der Waals surface area contributed by atoms with Crippen molar-refractivity contribution in [3.8, 4) is 5.75 Å². The van der Waals surface area contributed by atoms with Gasteiger partial charge in [-0.1, -0.05) is 77.3 Å². The number of ether oxygens (including phenoxy) is 1. The van der Waals surface area contributed by atoms with E-state index in [2.05, 4.69) is 0 Å². The number of aryl methyl sites for hydroxylation is 2. The largest absolute Gasteiger partial charge is 0.488 e. The van der Waals surface area contributed by atoms with Gasteiger partial charge in [0.25, 0.3) is 5.91 Å². The number of hydrogen-bond donors (Lipinski definition) is 0. The number of nitrogens with zero attached hydrogens (tertiary/aromatic N) is 2. The molecule has 37 heavy (non-hydrogen) atoms. The van der Waals surface area contributed by atoms with Gasteiger partial charge in [0.1, 0.15) is 12.4 Å². The zero-order valence-electron chi connectivity index (χ0n) is 20.5. The second kappa shape index (κ2) is 11.1. The lowest BCUT2D eigenvalue weighted by atomic mass is 10.1. The number of amidine groups is 1. The molecule has 0 spiro atoms. The van der Waals surface area contributed by atoms with E-state index in [1.807, 2.05) is 111 Å². The Morgan fingerprint density at radius 2 is 1.57 bits per heavy atom. The second-order valence-electron chi connectivity index (χ2n) is 8.77. The highest BCUT2D eigenvalue weighted by atomic mass is 35.5. The van der Waals surface area contributed by atoms with Crippen molar-refractivity contribution < 1.29 is 9.53 Å². The molecule has 184 valence electrons. The Balaban J connectivity index is 1.51. The Bertz CT molecular complexity index is 1480. The highest BCUT2D eigenvalue weighted by Crippen LogP contribution is 2.39. The van der Waals surface area contributed by atoms with Gasteiger partial charge in [-0.15, -0.1) is 0 Å². The fourth-order valence-electron chi connectivity index (χ4n) is 3.84. The van der Waals surface area contributed by atoms with Gasteiger partial charge in [0.15, 0.2) is 5.17 Å². The van der Waals surface area contributed by atoms with Crippen LogP contribution in [0.3, 0.4) is 0 Å². The van der Waals surface area contributed by atoms with Gasteiger partial charge in [-0.3, -0.25) is 9.69 Å². The number of hydrogen-bond acceptors (Lipinski definition) is 4. The van der Waals surface area contributed by atoms with Crippen LogP contribution in [0.25, 0.3) is 6.08 Å². The molecule has 0 bridgehead atoms. The Labute approximate surface area is 226 Å². The van der Waals surface area contributed by atoms with Gasteiger partial charge in [-0.05, 0) is 79.7 Å². The fourth-order valence-corrected chi connectivity index (χ4v) is 5.01. The van der Waals surface area contributed by atoms with Crippen LogP contribution in [0.2, 0.25) is 5.02 Å². The third-order valence-electron chi connectivity index (χ3n) is 5.85. The molecule has 1 saturated heterocycles. The van der Waals surface area contributed by atoms with Gasteiger partial charge >= 0.3 is 0 Å². The summed E-state index contributed by atoms with van der Waals surface area (Å²) in [6.45, 7) is 4.47. The Hall–Kier alpha value is -3.80. The predicted octanol–water partition coefficient (Wildman–Crippen LogP) is 8.34. The van der Waals surface area contributed by atoms with Crippen molar-refractivity contribution in [2.24, 2.45) is 4.99 Å². The van der Waals surface area contributed by atoms with E-state index < -0.39 is 0 Å². The topological polar surface area (TPSA) is 41.9 Å². The highest BCUT2D eigenvalue weighted by molar-refractivity contribution is 8.19. The van der Waals surface area contributed by atoms with Crippen LogP contribution in [-0.2, 0) is 11.4 Å². The number of aliphatic imine (C=N–C) groups is 1. The average Bonchev–Trinajstić information content (AvgIpc) is 3.20. The van der Waals surface area contributed by atoms with Crippen LogP contribution in [0.4, 0.5) is 11.4 Å². The number of carbonyl (C=O) groups is 1. The monoisotopic (exact) mass is 524 g/mol. The average molecular weight is 525 g/mol. The van der Waals surface area contributed by atoms with Crippen molar-refractivity contribution >= 4 is 51.9 Å². The molecule has 5 rings (SSSR count). The summed E-state index contributed by atoms with van der Waals surface area (Å²) in [5.74, 6) is 0.508. The number of halogens is 1. The van der Waals surface area contributed by atoms with Gasteiger partial charge < -0.3 is 4.74 Å². The minimum atomic E-state index is -0.145. The summed E-state index contributed by atoms with van der Waals surface area (Å²) in [6.07, 6.45) is 1.83. The van der Waals surface area contributed by atoms with E-state index in [4.69, 9.17) is 21.3 Å². The third kappa shape index (κ3) is 5.96. The molecule has 0 aliphatic carbocycles. The van der Waals surface area contributed by atoms with Crippen LogP contribution in [0, 0.1) is 13.8 Å². The molecular weight excluding hydrogens is 500 g/mol. The molecule has 0 aromatic heterocycles. The zero-order valence-corrected chi connectivity index (χ0v) is 22.1. The fraction of sp³-hybridized carbons (Fsp3) is 0.0968. The first-order chi connectivity index (χ1) is 18.0. The summed E-state index contributed by atoms with van der Waals surface area (Å²) < 4.78 is 6.11. The Morgan fingerprint density at radius 1 is 0.892 bits per heavy atom. The van der Waals surface area contributed by atoms with Crippen LogP contribution in [-0.4, -0.2) is 11.1 Å². The van der Waals surface area contributed by atoms with Gasteiger partial charge in [0.2, 0.25) is 0 Å². The standard InChI is InChI=1S/C31H25ClN2O2S/c1-21-8-13-26(14-9-21)33-31-34(27-15-10-22(2)11-16-27)30(35)29(37-31)19-24-18-25(32)12-17-28(24)36-20-23-6-4-3-5-7-23/h3-19H,20H2,1-2H3/b29-19-,33-31?. The first-order valence-corrected chi connectivity index (χ1v) is 13.1. The molecule has 4 nitrogen and oxygen atoms in total. The Kier molecular flexibility index (Phi) is 7.45. The lowest BCUT2D eigenvalue weighted by Crippen LogP contribution is -2.28. The van der Waals surface area contributed by atoms with E-state index in [1.165, 1.54) is 11.8 Å². The number of anilines is 1. The summed E-state index contributed by atoms with van der Waals surface area (Å²) in [5.41, 5.74) is 5.62. The molecule has 1 heterocycles. The zero-order chi connectivity index (χ0) is 25.8. The second-order valence-corrected chi connectivity index (χ2v) is 10.2. The van der Waals surface area contributed by atoms with Crippen LogP contribution in [0.5, 0.6) is 5.75 Å². The number of benzene rings is 4. The molecule has 0 saturated carbocycles. The van der Waals surface area contributed by atoms with Crippen LogP contribution in [0.15, 0.2) is 107 Å². The summed E-state index contributed by atoms with van der Waals surface area (Å²) in [7, 11) is 0. The summed E-state index contributed by atoms with van der Waals surface area (Å²) >= 11 is 7.67. The predicted molar refractivity (Wildman–Crippen MR) is 155 cm³/mol. The molecule has 0 atom stereocenters. The molecule has 1 fully saturated rings. The highest BCUT2D eigenvalue weighted by Gasteiger charge is 2.35. The smallest absolute Gasteiger partial charge is 0.271 e. The van der Waals surface area contributed by atoms with Gasteiger partial charge in [0, 0.05) is 10.6 Å². The van der Waals surface area contributed by atoms with Crippen molar-refractivity contribution in [3.05, 3.63) is 129 Å². The van der Waals surface area contributed by atoms with E-state index in [9.17, 15) is 4.79 Å². The van der Waals surface area contributed by atoms with Gasteiger partial charge in [-0.2, -0.15) is 0 Å². The van der Waals surface area contributed by atoms with E-state index in [0.717, 1.165) is 33.6 Å². The summed E-state index contributed by atoms with van der Waals surface area (Å²) in [6, 6.07) is 31.2. The van der Waals surface area contributed by atoms with E-state index in [0.29, 0.717) is 27.5 Å². The molecule has 4 aromatic carbocycles. The van der Waals surface area contributed by atoms with E-state index >= 15 is 0 Å². The molecule has 0 radical (unpaired) electrons. The first kappa shape index (κ1) is 24.9. The molecule has 4 aromatic rings. The van der Waals surface area contributed by atoms with Gasteiger partial charge in [0.05, 0.1) is 16.3 Å². The maximum atomic E-state index is 13.7. The SMILES string of the molecule is Cc1ccc(N=C2S/C(=C\c3cc(Cl)ccc3OCc3ccccc3)C(=O)N2c2ccc(C)cc2)cc1. The normalized spacial score (nSPS) is 15.5. The maximum Gasteiger partial charge on any atom is 0.271 e. The molecule has 0 N–H and O–H groups in total. The molecule has 1 aliphatic rings. The van der Waals surface area contributed by atoms with Crippen molar-refractivity contribution in [3.63, 3.8) is 0 Å². The van der Waals surface area contributed by atoms with E-state index in [-0.39, 0.29) is 5.91 Å². The molecule has 1 aliphatic heterocycles. The quantitative estimate of drug-likeness (QED) is 0.238. The van der Waals surface area contributed by atoms with Crippen molar-refractivity contribution in [1.29, 1.82) is 0 Å². The van der Waals surface area contributed by atoms with Crippen LogP contribution < -0.4 is 9.64 Å². The van der Waals surface area contributed by atoms with Crippen LogP contribution in [0.1, 0.15) is 22.3 Å². The molecule has 0 unspecified atom stereocenters. The van der Waals surface area contributed by atoms with Crippen molar-refractivity contribution in [2.45, 2.75) is 20.5 Å². The van der Waals surface area contributed by atoms with Gasteiger partial charge in [-0.25, -0.2) is 4.99 Å². The van der Waals surface area contributed by atoms with Crippen LogP contribution >= 0.6 is 23.4 Å². The van der Waals surface area contributed by atoms with Crippen molar-refractivity contribution in [1.82, 2.24) is 0 Å². The lowest BCUT2D eigenvalue weighted by molar-refractivity contribution is -0.113. The Morgan fingerprint density at radius 3 is 2.27 bits per heavy atom. The van der Waals surface area contributed by atoms with Crippen molar-refractivity contribution in [2.75, 3.05) is 4.90 Å². The maximum absolute atomic E-state index is 13.7. The third-order valence-corrected chi connectivity index (χ3v) is 7.06. The number of rotatable bonds is 6. The van der Waals surface area contributed by atoms with E-state index in [1.54, 1.807) is 11.0 Å². The summed E-state index contributed by atoms with van der Waals surface area (Å²) in [4.78, 5) is 20.7. The minimum Gasteiger partial charge on any atom is -0.488 e. The molecule has 6 heteroatoms. The summed E-state index contributed by atoms with van der Waals surface area (Å²) in [5, 5.41) is 1.16.